The van der Waals surface area contributed by atoms with Crippen LogP contribution in [0.1, 0.15) is 16.5 Å². The SMILES string of the molecule is COc1ccc(C(Cl)c2cccc(F)c2F)c(F)c1. The molecule has 2 aromatic rings. The maximum Gasteiger partial charge on any atom is 0.163 e. The van der Waals surface area contributed by atoms with Gasteiger partial charge in [-0.25, -0.2) is 13.2 Å². The van der Waals surface area contributed by atoms with Crippen LogP contribution in [0, 0.1) is 17.5 Å². The first-order chi connectivity index (χ1) is 9.04. The highest BCUT2D eigenvalue weighted by Crippen LogP contribution is 2.34. The second kappa shape index (κ2) is 5.53. The van der Waals surface area contributed by atoms with Crippen molar-refractivity contribution in [3.05, 3.63) is 65.0 Å². The van der Waals surface area contributed by atoms with Gasteiger partial charge in [0.25, 0.3) is 0 Å². The van der Waals surface area contributed by atoms with E-state index in [1.54, 1.807) is 0 Å². The van der Waals surface area contributed by atoms with Crippen LogP contribution in [0.5, 0.6) is 5.75 Å². The number of alkyl halides is 1. The van der Waals surface area contributed by atoms with Crippen LogP contribution in [0.15, 0.2) is 36.4 Å². The molecule has 1 nitrogen and oxygen atoms in total. The molecule has 0 saturated heterocycles. The maximum absolute atomic E-state index is 13.8. The van der Waals surface area contributed by atoms with Crippen LogP contribution in [0.3, 0.4) is 0 Å². The molecule has 100 valence electrons. The molecular formula is C14H10ClF3O. The monoisotopic (exact) mass is 286 g/mol. The van der Waals surface area contributed by atoms with Gasteiger partial charge in [-0.3, -0.25) is 0 Å². The summed E-state index contributed by atoms with van der Waals surface area (Å²) in [4.78, 5) is 0. The van der Waals surface area contributed by atoms with Crippen LogP contribution in [0.4, 0.5) is 13.2 Å². The van der Waals surface area contributed by atoms with Crippen molar-refractivity contribution < 1.29 is 17.9 Å². The minimum atomic E-state index is -1.11. The van der Waals surface area contributed by atoms with E-state index < -0.39 is 22.8 Å². The van der Waals surface area contributed by atoms with Crippen LogP contribution in [0.2, 0.25) is 0 Å². The number of methoxy groups -OCH3 is 1. The topological polar surface area (TPSA) is 9.23 Å². The van der Waals surface area contributed by atoms with Gasteiger partial charge < -0.3 is 4.74 Å². The lowest BCUT2D eigenvalue weighted by atomic mass is 10.0. The van der Waals surface area contributed by atoms with Crippen LogP contribution >= 0.6 is 11.6 Å². The first-order valence-corrected chi connectivity index (χ1v) is 5.89. The summed E-state index contributed by atoms with van der Waals surface area (Å²) in [7, 11) is 1.40. The van der Waals surface area contributed by atoms with Crippen molar-refractivity contribution in [2.75, 3.05) is 7.11 Å². The van der Waals surface area contributed by atoms with E-state index in [4.69, 9.17) is 16.3 Å². The molecule has 0 fully saturated rings. The smallest absolute Gasteiger partial charge is 0.163 e. The molecule has 2 aromatic carbocycles. The summed E-state index contributed by atoms with van der Waals surface area (Å²) < 4.78 is 45.4. The first kappa shape index (κ1) is 13.7. The maximum atomic E-state index is 13.8. The molecule has 1 atom stereocenters. The number of hydrogen-bond acceptors (Lipinski definition) is 1. The van der Waals surface area contributed by atoms with Crippen LogP contribution in [0.25, 0.3) is 0 Å². The van der Waals surface area contributed by atoms with Crippen molar-refractivity contribution in [2.24, 2.45) is 0 Å². The van der Waals surface area contributed by atoms with Crippen molar-refractivity contribution in [2.45, 2.75) is 5.38 Å². The van der Waals surface area contributed by atoms with Gasteiger partial charge >= 0.3 is 0 Å². The average Bonchev–Trinajstić information content (AvgIpc) is 2.41. The van der Waals surface area contributed by atoms with Crippen molar-refractivity contribution in [1.29, 1.82) is 0 Å². The summed E-state index contributed by atoms with van der Waals surface area (Å²) in [6.45, 7) is 0. The van der Waals surface area contributed by atoms with Crippen LogP contribution in [-0.4, -0.2) is 7.11 Å². The van der Waals surface area contributed by atoms with Gasteiger partial charge in [0.1, 0.15) is 11.6 Å². The van der Waals surface area contributed by atoms with Gasteiger partial charge in [0, 0.05) is 17.2 Å². The second-order valence-electron chi connectivity index (χ2n) is 3.89. The summed E-state index contributed by atoms with van der Waals surface area (Å²) in [5, 5.41) is -1.11. The zero-order chi connectivity index (χ0) is 14.0. The molecule has 0 bridgehead atoms. The number of benzene rings is 2. The van der Waals surface area contributed by atoms with Crippen molar-refractivity contribution in [3.63, 3.8) is 0 Å². The third kappa shape index (κ3) is 2.68. The Kier molecular flexibility index (Phi) is 4.00. The van der Waals surface area contributed by atoms with Crippen LogP contribution < -0.4 is 4.74 Å². The zero-order valence-corrected chi connectivity index (χ0v) is 10.7. The predicted octanol–water partition coefficient (Wildman–Crippen LogP) is 4.44. The molecule has 0 spiro atoms. The van der Waals surface area contributed by atoms with Gasteiger partial charge in [-0.1, -0.05) is 18.2 Å². The lowest BCUT2D eigenvalue weighted by Crippen LogP contribution is -2.02. The molecule has 0 saturated carbocycles. The van der Waals surface area contributed by atoms with E-state index in [1.807, 2.05) is 0 Å². The Morgan fingerprint density at radius 2 is 1.74 bits per heavy atom. The predicted molar refractivity (Wildman–Crippen MR) is 67.0 cm³/mol. The third-order valence-electron chi connectivity index (χ3n) is 2.74. The molecule has 0 aliphatic heterocycles. The van der Waals surface area contributed by atoms with Crippen molar-refractivity contribution in [3.8, 4) is 5.75 Å². The zero-order valence-electron chi connectivity index (χ0n) is 9.96. The molecule has 5 heteroatoms. The van der Waals surface area contributed by atoms with Crippen molar-refractivity contribution >= 4 is 11.6 Å². The first-order valence-electron chi connectivity index (χ1n) is 5.46. The minimum Gasteiger partial charge on any atom is -0.497 e. The molecule has 0 aromatic heterocycles. The number of rotatable bonds is 3. The summed E-state index contributed by atoms with van der Waals surface area (Å²) in [6, 6.07) is 7.65. The Morgan fingerprint density at radius 1 is 1.00 bits per heavy atom. The third-order valence-corrected chi connectivity index (χ3v) is 3.21. The summed E-state index contributed by atoms with van der Waals surface area (Å²) in [5.74, 6) is -2.40. The molecule has 0 aliphatic carbocycles. The fraction of sp³-hybridized carbons (Fsp3) is 0.143. The summed E-state index contributed by atoms with van der Waals surface area (Å²) in [5.41, 5.74) is -0.0438. The normalized spacial score (nSPS) is 12.3. The highest BCUT2D eigenvalue weighted by atomic mass is 35.5. The van der Waals surface area contributed by atoms with Gasteiger partial charge in [-0.15, -0.1) is 11.6 Å². The Hall–Kier alpha value is -1.68. The fourth-order valence-corrected chi connectivity index (χ4v) is 2.07. The van der Waals surface area contributed by atoms with E-state index in [1.165, 1.54) is 31.4 Å². The van der Waals surface area contributed by atoms with Gasteiger partial charge in [0.05, 0.1) is 12.5 Å². The molecule has 2 rings (SSSR count). The second-order valence-corrected chi connectivity index (χ2v) is 4.33. The minimum absolute atomic E-state index is 0.0620. The highest BCUT2D eigenvalue weighted by molar-refractivity contribution is 6.22. The van der Waals surface area contributed by atoms with Gasteiger partial charge in [0.2, 0.25) is 0 Å². The molecule has 0 radical (unpaired) electrons. The van der Waals surface area contributed by atoms with E-state index >= 15 is 0 Å². The number of halogens is 4. The average molecular weight is 287 g/mol. The summed E-state index contributed by atoms with van der Waals surface area (Å²) in [6.07, 6.45) is 0. The molecule has 0 aliphatic rings. The highest BCUT2D eigenvalue weighted by Gasteiger charge is 2.20. The number of hydrogen-bond donors (Lipinski definition) is 0. The Bertz CT molecular complexity index is 601. The lowest BCUT2D eigenvalue weighted by molar-refractivity contribution is 0.410. The van der Waals surface area contributed by atoms with Gasteiger partial charge in [0.15, 0.2) is 11.6 Å². The van der Waals surface area contributed by atoms with E-state index in [0.717, 1.165) is 12.1 Å². The van der Waals surface area contributed by atoms with Crippen LogP contribution in [-0.2, 0) is 0 Å². The quantitative estimate of drug-likeness (QED) is 0.758. The standard InChI is InChI=1S/C14H10ClF3O/c1-19-8-5-6-9(12(17)7-8)13(15)10-3-2-4-11(16)14(10)18/h2-7,13H,1H3. The van der Waals surface area contributed by atoms with Gasteiger partial charge in [-0.05, 0) is 12.1 Å². The number of ether oxygens (including phenoxy) is 1. The van der Waals surface area contributed by atoms with E-state index in [9.17, 15) is 13.2 Å². The van der Waals surface area contributed by atoms with E-state index in [2.05, 4.69) is 0 Å². The molecule has 0 amide bonds. The lowest BCUT2D eigenvalue weighted by Gasteiger charge is -2.13. The molecule has 0 heterocycles. The molecular weight excluding hydrogens is 277 g/mol. The molecule has 19 heavy (non-hydrogen) atoms. The van der Waals surface area contributed by atoms with E-state index in [-0.39, 0.29) is 11.1 Å². The molecule has 0 N–H and O–H groups in total. The largest absolute Gasteiger partial charge is 0.497 e. The van der Waals surface area contributed by atoms with Gasteiger partial charge in [-0.2, -0.15) is 0 Å². The Balaban J connectivity index is 2.44. The fourth-order valence-electron chi connectivity index (χ4n) is 1.72. The summed E-state index contributed by atoms with van der Waals surface area (Å²) >= 11 is 6.02. The Morgan fingerprint density at radius 3 is 2.37 bits per heavy atom. The van der Waals surface area contributed by atoms with Crippen molar-refractivity contribution in [1.82, 2.24) is 0 Å². The molecule has 1 unspecified atom stereocenters. The Labute approximate surface area is 113 Å². The van der Waals surface area contributed by atoms with E-state index in [0.29, 0.717) is 5.75 Å².